The van der Waals surface area contributed by atoms with Gasteiger partial charge in [-0.05, 0) is 68.0 Å². The molecule has 0 spiro atoms. The number of amides is 2. The summed E-state index contributed by atoms with van der Waals surface area (Å²) in [5.74, 6) is -0.105. The normalized spacial score (nSPS) is 24.8. The van der Waals surface area contributed by atoms with Gasteiger partial charge in [0.05, 0.1) is 18.5 Å². The highest BCUT2D eigenvalue weighted by Crippen LogP contribution is 2.43. The number of phenolic OH excluding ortho intramolecular Hbond substituents is 1. The average molecular weight is 453 g/mol. The van der Waals surface area contributed by atoms with Gasteiger partial charge in [0.1, 0.15) is 11.6 Å². The number of hydrogen-bond donors (Lipinski definition) is 1. The SMILES string of the molecule is CC(C)C(=O)N1CCC[C@H]2[C@@H]1C[C@@](C)(Cc1ccc(F)cc1)N2C(=O)Cc1cccc(O)c1. The third-order valence-electron chi connectivity index (χ3n) is 7.12. The van der Waals surface area contributed by atoms with Crippen molar-refractivity contribution < 1.29 is 19.1 Å². The predicted molar refractivity (Wildman–Crippen MR) is 125 cm³/mol. The molecule has 3 atom stereocenters. The summed E-state index contributed by atoms with van der Waals surface area (Å²) < 4.78 is 13.5. The minimum absolute atomic E-state index is 0.00319. The van der Waals surface area contributed by atoms with E-state index in [4.69, 9.17) is 0 Å². The van der Waals surface area contributed by atoms with Gasteiger partial charge >= 0.3 is 0 Å². The van der Waals surface area contributed by atoms with E-state index in [1.54, 1.807) is 30.3 Å². The van der Waals surface area contributed by atoms with Crippen molar-refractivity contribution in [1.29, 1.82) is 0 Å². The van der Waals surface area contributed by atoms with E-state index in [1.165, 1.54) is 12.1 Å². The molecule has 0 bridgehead atoms. The van der Waals surface area contributed by atoms with E-state index in [2.05, 4.69) is 6.92 Å². The van der Waals surface area contributed by atoms with Gasteiger partial charge in [-0.2, -0.15) is 0 Å². The minimum atomic E-state index is -0.499. The molecule has 0 aliphatic carbocycles. The van der Waals surface area contributed by atoms with Gasteiger partial charge in [-0.1, -0.05) is 38.1 Å². The monoisotopic (exact) mass is 452 g/mol. The van der Waals surface area contributed by atoms with Crippen LogP contribution < -0.4 is 0 Å². The lowest BCUT2D eigenvalue weighted by atomic mass is 9.87. The van der Waals surface area contributed by atoms with Gasteiger partial charge in [0.25, 0.3) is 0 Å². The van der Waals surface area contributed by atoms with Crippen molar-refractivity contribution in [3.8, 4) is 5.75 Å². The molecule has 33 heavy (non-hydrogen) atoms. The first-order valence-corrected chi connectivity index (χ1v) is 11.8. The molecule has 176 valence electrons. The Morgan fingerprint density at radius 2 is 1.85 bits per heavy atom. The molecule has 0 unspecified atom stereocenters. The van der Waals surface area contributed by atoms with Crippen molar-refractivity contribution in [3.05, 3.63) is 65.5 Å². The smallest absolute Gasteiger partial charge is 0.227 e. The molecule has 2 amide bonds. The van der Waals surface area contributed by atoms with Crippen LogP contribution in [0.4, 0.5) is 4.39 Å². The second-order valence-corrected chi connectivity index (χ2v) is 10.1. The van der Waals surface area contributed by atoms with Crippen LogP contribution in [-0.4, -0.2) is 50.9 Å². The zero-order valence-corrected chi connectivity index (χ0v) is 19.6. The number of likely N-dealkylation sites (tertiary alicyclic amines) is 2. The number of carbonyl (C=O) groups excluding carboxylic acids is 2. The zero-order valence-electron chi connectivity index (χ0n) is 19.6. The van der Waals surface area contributed by atoms with Gasteiger partial charge in [-0.15, -0.1) is 0 Å². The molecule has 6 heteroatoms. The van der Waals surface area contributed by atoms with Crippen LogP contribution in [0.25, 0.3) is 0 Å². The van der Waals surface area contributed by atoms with Gasteiger partial charge in [0, 0.05) is 18.0 Å². The molecular formula is C27H33FN2O3. The van der Waals surface area contributed by atoms with Crippen LogP contribution in [0.2, 0.25) is 0 Å². The first-order chi connectivity index (χ1) is 15.7. The third kappa shape index (κ3) is 4.75. The first kappa shape index (κ1) is 23.3. The fourth-order valence-electron chi connectivity index (χ4n) is 5.75. The Hall–Kier alpha value is -2.89. The lowest BCUT2D eigenvalue weighted by Crippen LogP contribution is -2.55. The lowest BCUT2D eigenvalue weighted by molar-refractivity contribution is -0.143. The summed E-state index contributed by atoms with van der Waals surface area (Å²) >= 11 is 0. The third-order valence-corrected chi connectivity index (χ3v) is 7.12. The first-order valence-electron chi connectivity index (χ1n) is 11.8. The molecule has 2 aromatic carbocycles. The number of hydrogen-bond acceptors (Lipinski definition) is 3. The van der Waals surface area contributed by atoms with E-state index in [0.29, 0.717) is 12.8 Å². The Balaban J connectivity index is 1.67. The van der Waals surface area contributed by atoms with Crippen LogP contribution in [-0.2, 0) is 22.4 Å². The van der Waals surface area contributed by atoms with Gasteiger partial charge in [0.15, 0.2) is 0 Å². The lowest BCUT2D eigenvalue weighted by Gasteiger charge is -2.42. The Morgan fingerprint density at radius 3 is 2.52 bits per heavy atom. The van der Waals surface area contributed by atoms with E-state index in [0.717, 1.165) is 30.5 Å². The number of fused-ring (bicyclic) bond motifs is 1. The number of rotatable bonds is 5. The highest BCUT2D eigenvalue weighted by molar-refractivity contribution is 5.82. The molecule has 1 N–H and O–H groups in total. The Bertz CT molecular complexity index is 1020. The fourth-order valence-corrected chi connectivity index (χ4v) is 5.75. The molecule has 0 radical (unpaired) electrons. The summed E-state index contributed by atoms with van der Waals surface area (Å²) in [5.41, 5.74) is 1.23. The summed E-state index contributed by atoms with van der Waals surface area (Å²) in [6.45, 7) is 6.65. The molecule has 2 heterocycles. The molecule has 0 aromatic heterocycles. The van der Waals surface area contributed by atoms with Crippen LogP contribution >= 0.6 is 0 Å². The summed E-state index contributed by atoms with van der Waals surface area (Å²) in [4.78, 5) is 30.7. The number of piperidine rings is 1. The van der Waals surface area contributed by atoms with E-state index in [9.17, 15) is 19.1 Å². The van der Waals surface area contributed by atoms with E-state index >= 15 is 0 Å². The number of carbonyl (C=O) groups is 2. The Labute approximate surface area is 195 Å². The van der Waals surface area contributed by atoms with Gasteiger partial charge < -0.3 is 14.9 Å². The predicted octanol–water partition coefficient (Wildman–Crippen LogP) is 4.32. The zero-order chi connectivity index (χ0) is 23.8. The molecule has 5 nitrogen and oxygen atoms in total. The van der Waals surface area contributed by atoms with Gasteiger partial charge in [-0.25, -0.2) is 4.39 Å². The number of aromatic hydroxyl groups is 1. The maximum atomic E-state index is 13.7. The van der Waals surface area contributed by atoms with Crippen LogP contribution in [0, 0.1) is 11.7 Å². The Morgan fingerprint density at radius 1 is 1.12 bits per heavy atom. The molecule has 2 fully saturated rings. The van der Waals surface area contributed by atoms with Gasteiger partial charge in [-0.3, -0.25) is 9.59 Å². The highest BCUT2D eigenvalue weighted by Gasteiger charge is 2.54. The maximum Gasteiger partial charge on any atom is 0.227 e. The maximum absolute atomic E-state index is 13.7. The summed E-state index contributed by atoms with van der Waals surface area (Å²) in [6, 6.07) is 13.2. The second kappa shape index (κ2) is 9.16. The van der Waals surface area contributed by atoms with Crippen molar-refractivity contribution in [2.24, 2.45) is 5.92 Å². The summed E-state index contributed by atoms with van der Waals surface area (Å²) in [6.07, 6.45) is 3.20. The number of nitrogens with zero attached hydrogens (tertiary/aromatic N) is 2. The molecule has 4 rings (SSSR count). The van der Waals surface area contributed by atoms with Crippen molar-refractivity contribution in [2.45, 2.75) is 70.5 Å². The van der Waals surface area contributed by atoms with Crippen molar-refractivity contribution in [2.75, 3.05) is 6.54 Å². The Kier molecular flexibility index (Phi) is 6.46. The standard InChI is InChI=1S/C27H33FN2O3/c1-18(2)26(33)29-13-5-8-23-24(29)17-27(3,16-19-9-11-21(28)12-10-19)30(23)25(32)15-20-6-4-7-22(31)14-20/h4,6-7,9-12,14,18,23-24,31H,5,8,13,15-17H2,1-3H3/t23-,24-,27+/m0/s1. The van der Waals surface area contributed by atoms with Crippen molar-refractivity contribution in [1.82, 2.24) is 9.80 Å². The summed E-state index contributed by atoms with van der Waals surface area (Å²) in [7, 11) is 0. The van der Waals surface area contributed by atoms with Crippen molar-refractivity contribution >= 4 is 11.8 Å². The van der Waals surface area contributed by atoms with E-state index < -0.39 is 5.54 Å². The molecule has 2 aliphatic heterocycles. The molecular weight excluding hydrogens is 419 g/mol. The molecule has 2 saturated heterocycles. The fraction of sp³-hybridized carbons (Fsp3) is 0.481. The summed E-state index contributed by atoms with van der Waals surface area (Å²) in [5, 5.41) is 9.85. The van der Waals surface area contributed by atoms with Crippen LogP contribution in [0.3, 0.4) is 0 Å². The van der Waals surface area contributed by atoms with E-state index in [1.807, 2.05) is 29.7 Å². The topological polar surface area (TPSA) is 60.9 Å². The largest absolute Gasteiger partial charge is 0.508 e. The van der Waals surface area contributed by atoms with Gasteiger partial charge in [0.2, 0.25) is 11.8 Å². The molecule has 2 aliphatic rings. The second-order valence-electron chi connectivity index (χ2n) is 10.1. The average Bonchev–Trinajstić information content (AvgIpc) is 3.06. The number of benzene rings is 2. The van der Waals surface area contributed by atoms with Crippen molar-refractivity contribution in [3.63, 3.8) is 0 Å². The minimum Gasteiger partial charge on any atom is -0.508 e. The van der Waals surface area contributed by atoms with Crippen LogP contribution in [0.1, 0.15) is 51.2 Å². The quantitative estimate of drug-likeness (QED) is 0.735. The number of halogens is 1. The molecule has 0 saturated carbocycles. The van der Waals surface area contributed by atoms with Crippen LogP contribution in [0.15, 0.2) is 48.5 Å². The molecule has 2 aromatic rings. The number of phenols is 1. The van der Waals surface area contributed by atoms with E-state index in [-0.39, 0.29) is 47.8 Å². The van der Waals surface area contributed by atoms with Crippen LogP contribution in [0.5, 0.6) is 5.75 Å². The highest BCUT2D eigenvalue weighted by atomic mass is 19.1.